The fourth-order valence-corrected chi connectivity index (χ4v) is 3.90. The summed E-state index contributed by atoms with van der Waals surface area (Å²) >= 11 is 4.75. The van der Waals surface area contributed by atoms with E-state index in [0.29, 0.717) is 23.8 Å². The number of ether oxygens (including phenoxy) is 1. The highest BCUT2D eigenvalue weighted by Crippen LogP contribution is 2.18. The van der Waals surface area contributed by atoms with Crippen molar-refractivity contribution in [3.63, 3.8) is 0 Å². The van der Waals surface area contributed by atoms with Gasteiger partial charge in [-0.2, -0.15) is 0 Å². The molecular weight excluding hydrogens is 418 g/mol. The molecule has 1 aliphatic rings. The van der Waals surface area contributed by atoms with Crippen LogP contribution in [0.5, 0.6) is 0 Å². The van der Waals surface area contributed by atoms with Gasteiger partial charge in [-0.3, -0.25) is 9.59 Å². The van der Waals surface area contributed by atoms with E-state index in [1.54, 1.807) is 23.1 Å². The average molecular weight is 438 g/mol. The lowest BCUT2D eigenvalue weighted by atomic mass is 10.1. The monoisotopic (exact) mass is 437 g/mol. The summed E-state index contributed by atoms with van der Waals surface area (Å²) in [6.45, 7) is 2.93. The number of rotatable bonds is 6. The van der Waals surface area contributed by atoms with Crippen LogP contribution in [0.2, 0.25) is 0 Å². The quantitative estimate of drug-likeness (QED) is 0.750. The minimum atomic E-state index is -0.263. The Morgan fingerprint density at radius 3 is 2.96 bits per heavy atom. The fourth-order valence-electron chi connectivity index (χ4n) is 2.80. The Balaban J connectivity index is 1.71. The molecule has 1 aliphatic heterocycles. The predicted molar refractivity (Wildman–Crippen MR) is 105 cm³/mol. The lowest BCUT2D eigenvalue weighted by molar-refractivity contribution is -0.117. The number of halogens is 1. The van der Waals surface area contributed by atoms with E-state index < -0.39 is 0 Å². The summed E-state index contributed by atoms with van der Waals surface area (Å²) in [4.78, 5) is 31.1. The van der Waals surface area contributed by atoms with Crippen molar-refractivity contribution in [2.45, 2.75) is 25.9 Å². The Morgan fingerprint density at radius 2 is 2.31 bits per heavy atom. The summed E-state index contributed by atoms with van der Waals surface area (Å²) in [5.41, 5.74) is 1.39. The zero-order chi connectivity index (χ0) is 18.5. The molecular formula is C18H20BrN3O3S. The van der Waals surface area contributed by atoms with Crippen molar-refractivity contribution in [3.8, 4) is 0 Å². The van der Waals surface area contributed by atoms with Crippen LogP contribution in [0.3, 0.4) is 0 Å². The van der Waals surface area contributed by atoms with Gasteiger partial charge in [0.1, 0.15) is 6.54 Å². The first kappa shape index (κ1) is 19.0. The van der Waals surface area contributed by atoms with Crippen LogP contribution in [-0.4, -0.2) is 47.5 Å². The average Bonchev–Trinajstić information content (AvgIpc) is 3.25. The van der Waals surface area contributed by atoms with Gasteiger partial charge in [0.25, 0.3) is 5.91 Å². The van der Waals surface area contributed by atoms with Gasteiger partial charge in [-0.1, -0.05) is 22.0 Å². The molecule has 1 fully saturated rings. The van der Waals surface area contributed by atoms with Gasteiger partial charge in [-0.05, 0) is 38.0 Å². The maximum atomic E-state index is 12.9. The number of amides is 2. The molecule has 1 N–H and O–H groups in total. The lowest BCUT2D eigenvalue weighted by Gasteiger charge is -2.25. The highest BCUT2D eigenvalue weighted by molar-refractivity contribution is 9.10. The van der Waals surface area contributed by atoms with Crippen molar-refractivity contribution in [1.82, 2.24) is 9.88 Å². The van der Waals surface area contributed by atoms with Crippen molar-refractivity contribution in [2.75, 3.05) is 25.0 Å². The minimum absolute atomic E-state index is 0.0268. The van der Waals surface area contributed by atoms with Crippen molar-refractivity contribution in [2.24, 2.45) is 0 Å². The van der Waals surface area contributed by atoms with Gasteiger partial charge in [0.2, 0.25) is 5.91 Å². The van der Waals surface area contributed by atoms with Crippen LogP contribution in [-0.2, 0) is 9.53 Å². The van der Waals surface area contributed by atoms with Crippen LogP contribution >= 0.6 is 27.3 Å². The van der Waals surface area contributed by atoms with Crippen LogP contribution in [0.15, 0.2) is 34.1 Å². The van der Waals surface area contributed by atoms with Gasteiger partial charge in [-0.15, -0.1) is 11.3 Å². The third-order valence-corrected chi connectivity index (χ3v) is 5.38. The Labute approximate surface area is 164 Å². The molecule has 0 spiro atoms. The number of nitrogens with zero attached hydrogens (tertiary/aromatic N) is 2. The molecule has 2 heterocycles. The van der Waals surface area contributed by atoms with E-state index in [1.165, 1.54) is 11.3 Å². The van der Waals surface area contributed by atoms with E-state index in [2.05, 4.69) is 26.2 Å². The molecule has 0 bridgehead atoms. The van der Waals surface area contributed by atoms with Gasteiger partial charge in [0, 0.05) is 28.6 Å². The Kier molecular flexibility index (Phi) is 6.39. The van der Waals surface area contributed by atoms with Crippen LogP contribution < -0.4 is 5.32 Å². The zero-order valence-corrected chi connectivity index (χ0v) is 16.8. The SMILES string of the molecule is Cc1csc(NC(=O)CN(CC2CCCO2)C(=O)c2cccc(Br)c2)n1. The third-order valence-electron chi connectivity index (χ3n) is 4.01. The number of benzene rings is 1. The summed E-state index contributed by atoms with van der Waals surface area (Å²) in [5, 5.41) is 5.17. The number of hydrogen-bond donors (Lipinski definition) is 1. The van der Waals surface area contributed by atoms with Crippen molar-refractivity contribution >= 4 is 44.2 Å². The van der Waals surface area contributed by atoms with Crippen molar-refractivity contribution < 1.29 is 14.3 Å². The molecule has 26 heavy (non-hydrogen) atoms. The van der Waals surface area contributed by atoms with Gasteiger partial charge >= 0.3 is 0 Å². The number of carbonyl (C=O) groups excluding carboxylic acids is 2. The number of hydrogen-bond acceptors (Lipinski definition) is 5. The summed E-state index contributed by atoms with van der Waals surface area (Å²) in [6.07, 6.45) is 1.85. The molecule has 3 rings (SSSR count). The molecule has 2 amide bonds. The molecule has 1 aromatic heterocycles. The second-order valence-electron chi connectivity index (χ2n) is 6.17. The Hall–Kier alpha value is -1.77. The predicted octanol–water partition coefficient (Wildman–Crippen LogP) is 3.47. The van der Waals surface area contributed by atoms with E-state index in [9.17, 15) is 9.59 Å². The lowest BCUT2D eigenvalue weighted by Crippen LogP contribution is -2.42. The van der Waals surface area contributed by atoms with E-state index in [0.717, 1.165) is 23.0 Å². The number of thiazole rings is 1. The second-order valence-corrected chi connectivity index (χ2v) is 7.95. The second kappa shape index (κ2) is 8.75. The van der Waals surface area contributed by atoms with Gasteiger partial charge < -0.3 is 15.0 Å². The molecule has 1 saturated heterocycles. The highest BCUT2D eigenvalue weighted by atomic mass is 79.9. The minimum Gasteiger partial charge on any atom is -0.376 e. The summed E-state index contributed by atoms with van der Waals surface area (Å²) < 4.78 is 6.47. The van der Waals surface area contributed by atoms with Crippen molar-refractivity contribution in [3.05, 3.63) is 45.4 Å². The smallest absolute Gasteiger partial charge is 0.254 e. The summed E-state index contributed by atoms with van der Waals surface area (Å²) in [5.74, 6) is -0.451. The zero-order valence-electron chi connectivity index (χ0n) is 14.4. The number of carbonyl (C=O) groups is 2. The molecule has 2 aromatic rings. The molecule has 1 aromatic carbocycles. The molecule has 138 valence electrons. The third kappa shape index (κ3) is 5.12. The van der Waals surface area contributed by atoms with Crippen molar-refractivity contribution in [1.29, 1.82) is 0 Å². The first-order valence-electron chi connectivity index (χ1n) is 8.39. The Morgan fingerprint density at radius 1 is 1.46 bits per heavy atom. The van der Waals surface area contributed by atoms with Crippen LogP contribution in [0, 0.1) is 6.92 Å². The molecule has 8 heteroatoms. The largest absolute Gasteiger partial charge is 0.376 e. The van der Waals surface area contributed by atoms with Crippen LogP contribution in [0.4, 0.5) is 5.13 Å². The summed E-state index contributed by atoms with van der Waals surface area (Å²) in [6, 6.07) is 7.17. The maximum Gasteiger partial charge on any atom is 0.254 e. The first-order chi connectivity index (χ1) is 12.5. The van der Waals surface area contributed by atoms with Crippen LogP contribution in [0.25, 0.3) is 0 Å². The van der Waals surface area contributed by atoms with Gasteiger partial charge in [0.05, 0.1) is 11.8 Å². The van der Waals surface area contributed by atoms with E-state index >= 15 is 0 Å². The normalized spacial score (nSPS) is 16.5. The molecule has 1 atom stereocenters. The maximum absolute atomic E-state index is 12.9. The molecule has 0 aliphatic carbocycles. The Bertz CT molecular complexity index is 789. The molecule has 0 radical (unpaired) electrons. The van der Waals surface area contributed by atoms with E-state index in [4.69, 9.17) is 4.74 Å². The highest BCUT2D eigenvalue weighted by Gasteiger charge is 2.25. The fraction of sp³-hybridized carbons (Fsp3) is 0.389. The van der Waals surface area contributed by atoms with Crippen LogP contribution in [0.1, 0.15) is 28.9 Å². The van der Waals surface area contributed by atoms with Gasteiger partial charge in [0.15, 0.2) is 5.13 Å². The van der Waals surface area contributed by atoms with E-state index in [1.807, 2.05) is 18.4 Å². The molecule has 6 nitrogen and oxygen atoms in total. The number of nitrogens with one attached hydrogen (secondary N) is 1. The topological polar surface area (TPSA) is 71.5 Å². The standard InChI is InChI=1S/C18H20BrN3O3S/c1-12-11-26-18(20-12)21-16(23)10-22(9-15-6-3-7-25-15)17(24)13-4-2-5-14(19)8-13/h2,4-5,8,11,15H,3,6-7,9-10H2,1H3,(H,20,21,23). The van der Waals surface area contributed by atoms with Gasteiger partial charge in [-0.25, -0.2) is 4.98 Å². The molecule has 0 saturated carbocycles. The number of anilines is 1. The number of aryl methyl sites for hydroxylation is 1. The first-order valence-corrected chi connectivity index (χ1v) is 10.1. The molecule has 1 unspecified atom stereocenters. The van der Waals surface area contributed by atoms with E-state index in [-0.39, 0.29) is 24.5 Å². The summed E-state index contributed by atoms with van der Waals surface area (Å²) in [7, 11) is 0. The number of aromatic nitrogens is 1.